The molecule has 21 heavy (non-hydrogen) atoms. The maximum Gasteiger partial charge on any atom is 0.306 e. The minimum atomic E-state index is -0.624. The minimum Gasteiger partial charge on any atom is -0.456 e. The Balaban J connectivity index is 2.49. The average Bonchev–Trinajstić information content (AvgIpc) is 2.40. The van der Waals surface area contributed by atoms with Gasteiger partial charge in [-0.3, -0.25) is 9.59 Å². The van der Waals surface area contributed by atoms with E-state index in [0.29, 0.717) is 0 Å². The van der Waals surface area contributed by atoms with E-state index < -0.39 is 18.5 Å². The predicted octanol–water partition coefficient (Wildman–Crippen LogP) is 3.50. The van der Waals surface area contributed by atoms with Gasteiger partial charge in [0.15, 0.2) is 6.61 Å². The molecule has 8 heteroatoms. The van der Waals surface area contributed by atoms with E-state index in [4.69, 9.17) is 39.5 Å². The van der Waals surface area contributed by atoms with Crippen LogP contribution >= 0.6 is 34.8 Å². The number of carbonyl (C=O) groups excluding carboxylic acids is 3. The first-order valence-corrected chi connectivity index (χ1v) is 7.02. The molecule has 5 nitrogen and oxygen atoms in total. The van der Waals surface area contributed by atoms with Gasteiger partial charge in [0.25, 0.3) is 5.91 Å². The van der Waals surface area contributed by atoms with E-state index in [9.17, 15) is 14.4 Å². The maximum absolute atomic E-state index is 11.6. The number of esters is 1. The first-order chi connectivity index (χ1) is 9.79. The summed E-state index contributed by atoms with van der Waals surface area (Å²) in [5.74, 6) is -1.33. The van der Waals surface area contributed by atoms with Crippen LogP contribution in [0.4, 0.5) is 5.69 Å². The molecule has 0 spiro atoms. The molecule has 1 aromatic carbocycles. The third-order valence-corrected chi connectivity index (χ3v) is 3.36. The number of rotatable bonds is 6. The lowest BCUT2D eigenvalue weighted by Gasteiger charge is -2.09. The van der Waals surface area contributed by atoms with Crippen LogP contribution in [0.1, 0.15) is 19.8 Å². The highest BCUT2D eigenvalue weighted by Crippen LogP contribution is 2.32. The van der Waals surface area contributed by atoms with Crippen LogP contribution in [0.25, 0.3) is 0 Å². The number of Topliss-reactive ketones (excluding diaryl/α,β-unsaturated/α-hetero) is 1. The third kappa shape index (κ3) is 6.33. The van der Waals surface area contributed by atoms with Gasteiger partial charge in [-0.25, -0.2) is 0 Å². The summed E-state index contributed by atoms with van der Waals surface area (Å²) in [6, 6.07) is 2.78. The maximum atomic E-state index is 11.6. The summed E-state index contributed by atoms with van der Waals surface area (Å²) in [4.78, 5) is 33.6. The lowest BCUT2D eigenvalue weighted by Crippen LogP contribution is -2.21. The Hall–Kier alpha value is -1.30. The van der Waals surface area contributed by atoms with Crippen molar-refractivity contribution >= 4 is 58.1 Å². The van der Waals surface area contributed by atoms with Crippen LogP contribution in [0.5, 0.6) is 0 Å². The van der Waals surface area contributed by atoms with Crippen molar-refractivity contribution in [3.8, 4) is 0 Å². The summed E-state index contributed by atoms with van der Waals surface area (Å²) in [6.45, 7) is 0.888. The van der Waals surface area contributed by atoms with Gasteiger partial charge in [0.1, 0.15) is 5.78 Å². The standard InChI is InChI=1S/C13H12Cl3NO4/c1-7(18)2-3-13(20)21-6-12(19)17-11-5-9(15)8(14)4-10(11)16/h4-5H,2-3,6H2,1H3,(H,17,19). The molecule has 0 radical (unpaired) electrons. The van der Waals surface area contributed by atoms with E-state index in [1.165, 1.54) is 19.1 Å². The SMILES string of the molecule is CC(=O)CCC(=O)OCC(=O)Nc1cc(Cl)c(Cl)cc1Cl. The van der Waals surface area contributed by atoms with Crippen molar-refractivity contribution in [2.75, 3.05) is 11.9 Å². The van der Waals surface area contributed by atoms with Crippen molar-refractivity contribution in [2.24, 2.45) is 0 Å². The quantitative estimate of drug-likeness (QED) is 0.628. The Morgan fingerprint density at radius 1 is 1.05 bits per heavy atom. The number of anilines is 1. The number of hydrogen-bond acceptors (Lipinski definition) is 4. The second kappa shape index (κ2) is 8.22. The second-order valence-electron chi connectivity index (χ2n) is 4.16. The molecule has 114 valence electrons. The lowest BCUT2D eigenvalue weighted by atomic mass is 10.2. The Morgan fingerprint density at radius 2 is 1.67 bits per heavy atom. The number of amides is 1. The number of halogens is 3. The first-order valence-electron chi connectivity index (χ1n) is 5.89. The first kappa shape index (κ1) is 17.8. The molecule has 1 rings (SSSR count). The van der Waals surface area contributed by atoms with Crippen LogP contribution in [-0.4, -0.2) is 24.3 Å². The molecule has 0 bridgehead atoms. The second-order valence-corrected chi connectivity index (χ2v) is 5.38. The van der Waals surface area contributed by atoms with Gasteiger partial charge < -0.3 is 14.8 Å². The van der Waals surface area contributed by atoms with Crippen LogP contribution in [-0.2, 0) is 19.1 Å². The summed E-state index contributed by atoms with van der Waals surface area (Å²) in [7, 11) is 0. The molecule has 0 aliphatic heterocycles. The predicted molar refractivity (Wildman–Crippen MR) is 81.0 cm³/mol. The van der Waals surface area contributed by atoms with E-state index in [-0.39, 0.29) is 39.4 Å². The van der Waals surface area contributed by atoms with Gasteiger partial charge >= 0.3 is 5.97 Å². The van der Waals surface area contributed by atoms with Gasteiger partial charge in [-0.05, 0) is 19.1 Å². The Kier molecular flexibility index (Phi) is 6.95. The molecule has 0 fully saturated rings. The van der Waals surface area contributed by atoms with E-state index in [0.717, 1.165) is 0 Å². The minimum absolute atomic E-state index is 0.0594. The van der Waals surface area contributed by atoms with Crippen LogP contribution in [0.15, 0.2) is 12.1 Å². The van der Waals surface area contributed by atoms with Gasteiger partial charge in [-0.15, -0.1) is 0 Å². The fraction of sp³-hybridized carbons (Fsp3) is 0.308. The fourth-order valence-corrected chi connectivity index (χ4v) is 1.90. The van der Waals surface area contributed by atoms with Crippen molar-refractivity contribution in [3.63, 3.8) is 0 Å². The molecule has 0 aliphatic rings. The summed E-state index contributed by atoms with van der Waals surface area (Å²) < 4.78 is 4.71. The zero-order valence-corrected chi connectivity index (χ0v) is 13.3. The molecule has 0 heterocycles. The smallest absolute Gasteiger partial charge is 0.306 e. The summed E-state index contributed by atoms with van der Waals surface area (Å²) >= 11 is 17.5. The van der Waals surface area contributed by atoms with E-state index in [1.807, 2.05) is 0 Å². The highest BCUT2D eigenvalue weighted by atomic mass is 35.5. The summed E-state index contributed by atoms with van der Waals surface area (Å²) in [5, 5.41) is 3.14. The lowest BCUT2D eigenvalue weighted by molar-refractivity contribution is -0.148. The monoisotopic (exact) mass is 351 g/mol. The number of hydrogen-bond donors (Lipinski definition) is 1. The molecule has 0 aliphatic carbocycles. The van der Waals surface area contributed by atoms with Gasteiger partial charge in [-0.1, -0.05) is 34.8 Å². The highest BCUT2D eigenvalue weighted by Gasteiger charge is 2.12. The van der Waals surface area contributed by atoms with Crippen molar-refractivity contribution in [1.82, 2.24) is 0 Å². The number of benzene rings is 1. The molecular weight excluding hydrogens is 341 g/mol. The molecule has 0 unspecified atom stereocenters. The Morgan fingerprint density at radius 3 is 2.29 bits per heavy atom. The van der Waals surface area contributed by atoms with Gasteiger partial charge in [-0.2, -0.15) is 0 Å². The molecule has 0 aromatic heterocycles. The number of ether oxygens (including phenoxy) is 1. The zero-order valence-electron chi connectivity index (χ0n) is 11.0. The van der Waals surface area contributed by atoms with Crippen molar-refractivity contribution in [3.05, 3.63) is 27.2 Å². The van der Waals surface area contributed by atoms with E-state index >= 15 is 0 Å². The zero-order chi connectivity index (χ0) is 16.0. The largest absolute Gasteiger partial charge is 0.456 e. The van der Waals surface area contributed by atoms with E-state index in [2.05, 4.69) is 5.32 Å². The summed E-state index contributed by atoms with van der Waals surface area (Å²) in [5.41, 5.74) is 0.260. The highest BCUT2D eigenvalue weighted by molar-refractivity contribution is 6.44. The van der Waals surface area contributed by atoms with Crippen molar-refractivity contribution in [1.29, 1.82) is 0 Å². The van der Waals surface area contributed by atoms with Crippen LogP contribution < -0.4 is 5.32 Å². The molecular formula is C13H12Cl3NO4. The van der Waals surface area contributed by atoms with Gasteiger partial charge in [0.05, 0.1) is 27.2 Å². The number of carbonyl (C=O) groups is 3. The topological polar surface area (TPSA) is 72.5 Å². The van der Waals surface area contributed by atoms with Crippen molar-refractivity contribution in [2.45, 2.75) is 19.8 Å². The van der Waals surface area contributed by atoms with E-state index in [1.54, 1.807) is 0 Å². The molecule has 1 aromatic rings. The number of ketones is 1. The molecule has 0 atom stereocenters. The normalized spacial score (nSPS) is 10.1. The van der Waals surface area contributed by atoms with Crippen LogP contribution in [0.3, 0.4) is 0 Å². The third-order valence-electron chi connectivity index (χ3n) is 2.33. The Labute approximate surface area is 136 Å². The van der Waals surface area contributed by atoms with Crippen LogP contribution in [0, 0.1) is 0 Å². The number of nitrogens with one attached hydrogen (secondary N) is 1. The molecule has 0 saturated carbocycles. The van der Waals surface area contributed by atoms with Gasteiger partial charge in [0, 0.05) is 6.42 Å². The van der Waals surface area contributed by atoms with Crippen molar-refractivity contribution < 1.29 is 19.1 Å². The molecule has 0 saturated heterocycles. The molecule has 1 N–H and O–H groups in total. The summed E-state index contributed by atoms with van der Waals surface area (Å²) in [6.07, 6.45) is 0.0230. The fourth-order valence-electron chi connectivity index (χ4n) is 1.30. The van der Waals surface area contributed by atoms with Crippen LogP contribution in [0.2, 0.25) is 15.1 Å². The Bertz CT molecular complexity index is 575. The average molecular weight is 353 g/mol. The van der Waals surface area contributed by atoms with Gasteiger partial charge in [0.2, 0.25) is 0 Å². The molecule has 1 amide bonds.